The van der Waals surface area contributed by atoms with E-state index in [4.69, 9.17) is 23.2 Å². The Morgan fingerprint density at radius 1 is 1.12 bits per heavy atom. The van der Waals surface area contributed by atoms with Gasteiger partial charge in [-0.1, -0.05) is 23.2 Å². The Kier molecular flexibility index (Phi) is 5.03. The average Bonchev–Trinajstić information content (AvgIpc) is 2.92. The number of anilines is 1. The number of H-pyrrole nitrogens is 1. The molecule has 0 spiro atoms. The van der Waals surface area contributed by atoms with Gasteiger partial charge in [0.15, 0.2) is 11.6 Å². The number of aromatic nitrogens is 1. The number of nitrogens with one attached hydrogen (secondary N) is 2. The van der Waals surface area contributed by atoms with Crippen molar-refractivity contribution < 1.29 is 17.9 Å². The van der Waals surface area contributed by atoms with Crippen LogP contribution in [0.4, 0.5) is 18.9 Å². The number of hydrogen-bond donors (Lipinski definition) is 2. The van der Waals surface area contributed by atoms with Gasteiger partial charge in [-0.3, -0.25) is 0 Å². The molecule has 0 atom stereocenters. The van der Waals surface area contributed by atoms with E-state index in [0.717, 1.165) is 24.1 Å². The van der Waals surface area contributed by atoms with E-state index in [9.17, 15) is 13.2 Å². The highest BCUT2D eigenvalue weighted by molar-refractivity contribution is 8.00. The number of halogens is 5. The van der Waals surface area contributed by atoms with Crippen LogP contribution in [0.3, 0.4) is 0 Å². The summed E-state index contributed by atoms with van der Waals surface area (Å²) in [5.41, 5.74) is 1.40. The SMILES string of the molecule is Fc1cc(SNc2ccc(Cl)c3c(Cl)c[nH]c23)ccc1OC(F)F. The second-order valence-corrected chi connectivity index (χ2v) is 6.35. The molecule has 0 unspecified atom stereocenters. The minimum absolute atomic E-state index is 0.481. The van der Waals surface area contributed by atoms with E-state index < -0.39 is 18.2 Å². The summed E-state index contributed by atoms with van der Waals surface area (Å²) < 4.78 is 45.1. The fourth-order valence-corrected chi connectivity index (χ4v) is 3.36. The van der Waals surface area contributed by atoms with Crippen LogP contribution in [0.2, 0.25) is 10.0 Å². The molecule has 3 nitrogen and oxygen atoms in total. The van der Waals surface area contributed by atoms with Gasteiger partial charge in [0, 0.05) is 16.5 Å². The van der Waals surface area contributed by atoms with Crippen molar-refractivity contribution in [3.63, 3.8) is 0 Å². The van der Waals surface area contributed by atoms with Crippen molar-refractivity contribution in [1.29, 1.82) is 0 Å². The van der Waals surface area contributed by atoms with Crippen LogP contribution in [0, 0.1) is 5.82 Å². The summed E-state index contributed by atoms with van der Waals surface area (Å²) in [4.78, 5) is 3.49. The number of rotatable bonds is 5. The molecule has 0 aliphatic rings. The third-order valence-electron chi connectivity index (χ3n) is 3.13. The molecule has 0 amide bonds. The zero-order chi connectivity index (χ0) is 17.3. The highest BCUT2D eigenvalue weighted by atomic mass is 35.5. The zero-order valence-electron chi connectivity index (χ0n) is 11.7. The Labute approximate surface area is 149 Å². The number of benzene rings is 2. The largest absolute Gasteiger partial charge is 0.432 e. The van der Waals surface area contributed by atoms with E-state index >= 15 is 0 Å². The molecular weight excluding hydrogens is 384 g/mol. The van der Waals surface area contributed by atoms with E-state index in [1.54, 1.807) is 18.3 Å². The van der Waals surface area contributed by atoms with Crippen LogP contribution in [0.5, 0.6) is 5.75 Å². The molecule has 2 N–H and O–H groups in total. The van der Waals surface area contributed by atoms with E-state index in [0.29, 0.717) is 31.5 Å². The first kappa shape index (κ1) is 17.1. The third kappa shape index (κ3) is 3.53. The number of ether oxygens (including phenoxy) is 1. The van der Waals surface area contributed by atoms with E-state index in [1.165, 1.54) is 6.07 Å². The van der Waals surface area contributed by atoms with Gasteiger partial charge < -0.3 is 14.4 Å². The monoisotopic (exact) mass is 392 g/mol. The summed E-state index contributed by atoms with van der Waals surface area (Å²) in [5, 5.41) is 1.67. The number of aromatic amines is 1. The number of hydrogen-bond acceptors (Lipinski definition) is 3. The molecule has 0 radical (unpaired) electrons. The van der Waals surface area contributed by atoms with Gasteiger partial charge in [-0.05, 0) is 42.3 Å². The summed E-state index contributed by atoms with van der Waals surface area (Å²) in [7, 11) is 0. The van der Waals surface area contributed by atoms with Gasteiger partial charge >= 0.3 is 6.61 Å². The van der Waals surface area contributed by atoms with Crippen molar-refractivity contribution in [3.8, 4) is 5.75 Å². The maximum absolute atomic E-state index is 13.7. The normalized spacial score (nSPS) is 11.2. The molecule has 1 heterocycles. The lowest BCUT2D eigenvalue weighted by atomic mass is 10.2. The van der Waals surface area contributed by atoms with Crippen LogP contribution in [0.1, 0.15) is 0 Å². The quantitative estimate of drug-likeness (QED) is 0.497. The molecule has 0 saturated heterocycles. The maximum Gasteiger partial charge on any atom is 0.387 e. The lowest BCUT2D eigenvalue weighted by Gasteiger charge is -2.10. The molecule has 0 bridgehead atoms. The van der Waals surface area contributed by atoms with Gasteiger partial charge in [-0.15, -0.1) is 0 Å². The van der Waals surface area contributed by atoms with Gasteiger partial charge in [0.05, 0.1) is 21.2 Å². The van der Waals surface area contributed by atoms with Crippen LogP contribution in [-0.2, 0) is 0 Å². The minimum Gasteiger partial charge on any atom is -0.432 e. The lowest BCUT2D eigenvalue weighted by molar-refractivity contribution is -0.0522. The lowest BCUT2D eigenvalue weighted by Crippen LogP contribution is -2.03. The van der Waals surface area contributed by atoms with Crippen molar-refractivity contribution in [2.45, 2.75) is 11.5 Å². The van der Waals surface area contributed by atoms with Gasteiger partial charge in [0.1, 0.15) is 0 Å². The highest BCUT2D eigenvalue weighted by Crippen LogP contribution is 2.36. The summed E-state index contributed by atoms with van der Waals surface area (Å²) in [6.07, 6.45) is 1.62. The standard InChI is InChI=1S/C15H9Cl2F3N2OS/c16-8-2-3-11(14-13(8)9(17)6-21-14)22-24-7-1-4-12(10(18)5-7)23-15(19)20/h1-6,15,21-22H. The molecule has 0 saturated carbocycles. The van der Waals surface area contributed by atoms with Crippen LogP contribution in [0.25, 0.3) is 10.9 Å². The number of alkyl halides is 2. The molecule has 24 heavy (non-hydrogen) atoms. The summed E-state index contributed by atoms with van der Waals surface area (Å²) in [5.74, 6) is -1.37. The summed E-state index contributed by atoms with van der Waals surface area (Å²) >= 11 is 13.3. The molecule has 0 aliphatic heterocycles. The van der Waals surface area contributed by atoms with E-state index in [2.05, 4.69) is 14.4 Å². The Morgan fingerprint density at radius 2 is 1.92 bits per heavy atom. The number of fused-ring (bicyclic) bond motifs is 1. The molecule has 9 heteroatoms. The third-order valence-corrected chi connectivity index (χ3v) is 4.56. The zero-order valence-corrected chi connectivity index (χ0v) is 14.1. The fraction of sp³-hybridized carbons (Fsp3) is 0.0667. The average molecular weight is 393 g/mol. The Morgan fingerprint density at radius 3 is 2.62 bits per heavy atom. The van der Waals surface area contributed by atoms with Crippen LogP contribution >= 0.6 is 35.1 Å². The predicted molar refractivity (Wildman–Crippen MR) is 90.8 cm³/mol. The molecule has 1 aromatic heterocycles. The molecule has 3 rings (SSSR count). The van der Waals surface area contributed by atoms with E-state index in [-0.39, 0.29) is 0 Å². The molecule has 126 valence electrons. The summed E-state index contributed by atoms with van der Waals surface area (Å²) in [6, 6.07) is 7.15. The molecule has 3 aromatic rings. The predicted octanol–water partition coefficient (Wildman–Crippen LogP) is 6.33. The van der Waals surface area contributed by atoms with Crippen molar-refractivity contribution in [3.05, 3.63) is 52.4 Å². The van der Waals surface area contributed by atoms with Crippen molar-refractivity contribution in [2.24, 2.45) is 0 Å². The molecular formula is C15H9Cl2F3N2OS. The second-order valence-electron chi connectivity index (χ2n) is 4.66. The van der Waals surface area contributed by atoms with Crippen LogP contribution in [-0.4, -0.2) is 11.6 Å². The summed E-state index contributed by atoms with van der Waals surface area (Å²) in [6.45, 7) is -3.07. The molecule has 0 aliphatic carbocycles. The van der Waals surface area contributed by atoms with Gasteiger partial charge in [-0.2, -0.15) is 8.78 Å². The topological polar surface area (TPSA) is 37.0 Å². The highest BCUT2D eigenvalue weighted by Gasteiger charge is 2.12. The second kappa shape index (κ2) is 7.04. The Bertz CT molecular complexity index is 889. The van der Waals surface area contributed by atoms with E-state index in [1.807, 2.05) is 0 Å². The van der Waals surface area contributed by atoms with Gasteiger partial charge in [-0.25, -0.2) is 4.39 Å². The maximum atomic E-state index is 13.7. The van der Waals surface area contributed by atoms with Gasteiger partial charge in [0.25, 0.3) is 0 Å². The first-order chi connectivity index (χ1) is 11.5. The molecule has 2 aromatic carbocycles. The Hall–Kier alpha value is -1.70. The molecule has 0 fully saturated rings. The smallest absolute Gasteiger partial charge is 0.387 e. The van der Waals surface area contributed by atoms with Crippen molar-refractivity contribution in [1.82, 2.24) is 4.98 Å². The Balaban J connectivity index is 1.79. The van der Waals surface area contributed by atoms with Crippen LogP contribution < -0.4 is 9.46 Å². The first-order valence-electron chi connectivity index (χ1n) is 6.58. The van der Waals surface area contributed by atoms with Crippen molar-refractivity contribution >= 4 is 51.7 Å². The van der Waals surface area contributed by atoms with Crippen LogP contribution in [0.15, 0.2) is 41.4 Å². The van der Waals surface area contributed by atoms with Gasteiger partial charge in [0.2, 0.25) is 0 Å². The fourth-order valence-electron chi connectivity index (χ4n) is 2.10. The van der Waals surface area contributed by atoms with Crippen molar-refractivity contribution in [2.75, 3.05) is 4.72 Å². The first-order valence-corrected chi connectivity index (χ1v) is 8.15. The minimum atomic E-state index is -3.07.